The molecule has 1 aliphatic rings. The number of furan rings is 1. The van der Waals surface area contributed by atoms with Gasteiger partial charge in [0.2, 0.25) is 0 Å². The number of imidazole rings is 1. The molecule has 1 amide bonds. The van der Waals surface area contributed by atoms with Crippen LogP contribution in [0.3, 0.4) is 0 Å². The average molecular weight is 317 g/mol. The molecule has 3 heterocycles. The van der Waals surface area contributed by atoms with E-state index in [1.165, 1.54) is 0 Å². The Bertz CT molecular complexity index is 635. The van der Waals surface area contributed by atoms with Crippen LogP contribution in [0, 0.1) is 0 Å². The van der Waals surface area contributed by atoms with Crippen LogP contribution in [0.5, 0.6) is 0 Å². The van der Waals surface area contributed by atoms with Crippen molar-refractivity contribution in [3.8, 4) is 0 Å². The summed E-state index contributed by atoms with van der Waals surface area (Å²) >= 11 is 0. The number of hydrogen-bond acceptors (Lipinski definition) is 4. The van der Waals surface area contributed by atoms with Gasteiger partial charge in [0.05, 0.1) is 12.6 Å². The van der Waals surface area contributed by atoms with Gasteiger partial charge in [0.15, 0.2) is 0 Å². The molecule has 2 aromatic heterocycles. The maximum absolute atomic E-state index is 12.8. The minimum atomic E-state index is -0.688. The standard InChI is InChI=1S/C17H23N3O3/c1-19-11-14(18-12-19)17(22)20-8-4-2-3-6-13(20)10-15(21)16-7-5-9-23-16/h5,7,9,11-13,15,21H,2-4,6,8,10H2,1H3/t13-,15-/m1/s1. The topological polar surface area (TPSA) is 71.5 Å². The Kier molecular flexibility index (Phi) is 4.81. The van der Waals surface area contributed by atoms with E-state index in [9.17, 15) is 9.90 Å². The van der Waals surface area contributed by atoms with Crippen LogP contribution in [0.1, 0.15) is 54.5 Å². The quantitative estimate of drug-likeness (QED) is 0.940. The van der Waals surface area contributed by atoms with Crippen molar-refractivity contribution in [2.75, 3.05) is 6.54 Å². The highest BCUT2D eigenvalue weighted by Gasteiger charge is 2.30. The molecule has 0 radical (unpaired) electrons. The van der Waals surface area contributed by atoms with Gasteiger partial charge in [-0.05, 0) is 25.0 Å². The van der Waals surface area contributed by atoms with Gasteiger partial charge in [0.1, 0.15) is 17.6 Å². The minimum Gasteiger partial charge on any atom is -0.467 e. The van der Waals surface area contributed by atoms with E-state index >= 15 is 0 Å². The van der Waals surface area contributed by atoms with Gasteiger partial charge < -0.3 is 19.0 Å². The van der Waals surface area contributed by atoms with E-state index in [1.54, 1.807) is 35.5 Å². The fourth-order valence-corrected chi connectivity index (χ4v) is 3.21. The molecule has 2 atom stereocenters. The molecule has 0 spiro atoms. The first kappa shape index (κ1) is 15.8. The Hall–Kier alpha value is -2.08. The van der Waals surface area contributed by atoms with Crippen molar-refractivity contribution >= 4 is 5.91 Å². The highest BCUT2D eigenvalue weighted by atomic mass is 16.4. The van der Waals surface area contributed by atoms with Crippen molar-refractivity contribution in [3.05, 3.63) is 42.4 Å². The summed E-state index contributed by atoms with van der Waals surface area (Å²) in [5.74, 6) is 0.503. The van der Waals surface area contributed by atoms with Gasteiger partial charge >= 0.3 is 0 Å². The zero-order chi connectivity index (χ0) is 16.2. The van der Waals surface area contributed by atoms with Gasteiger partial charge in [0.25, 0.3) is 5.91 Å². The number of aromatic nitrogens is 2. The first-order valence-corrected chi connectivity index (χ1v) is 8.15. The molecule has 1 aliphatic heterocycles. The Balaban J connectivity index is 1.75. The smallest absolute Gasteiger partial charge is 0.274 e. The van der Waals surface area contributed by atoms with E-state index < -0.39 is 6.10 Å². The SMILES string of the molecule is Cn1cnc(C(=O)N2CCCCC[C@@H]2C[C@@H](O)c2ccco2)c1. The predicted molar refractivity (Wildman–Crippen MR) is 84.8 cm³/mol. The summed E-state index contributed by atoms with van der Waals surface area (Å²) < 4.78 is 7.06. The summed E-state index contributed by atoms with van der Waals surface area (Å²) in [6, 6.07) is 3.54. The highest BCUT2D eigenvalue weighted by Crippen LogP contribution is 2.27. The Labute approximate surface area is 135 Å². The molecule has 3 rings (SSSR count). The lowest BCUT2D eigenvalue weighted by molar-refractivity contribution is 0.0552. The van der Waals surface area contributed by atoms with E-state index in [0.717, 1.165) is 25.7 Å². The van der Waals surface area contributed by atoms with Crippen LogP contribution in [0.4, 0.5) is 0 Å². The first-order chi connectivity index (χ1) is 11.1. The molecule has 0 bridgehead atoms. The molecule has 1 N–H and O–H groups in total. The molecule has 0 aromatic carbocycles. The average Bonchev–Trinajstić information content (AvgIpc) is 3.16. The maximum atomic E-state index is 12.8. The van der Waals surface area contributed by atoms with Gasteiger partial charge in [-0.1, -0.05) is 12.8 Å². The second-order valence-corrected chi connectivity index (χ2v) is 6.19. The molecular weight excluding hydrogens is 294 g/mol. The molecule has 6 nitrogen and oxygen atoms in total. The molecule has 0 aliphatic carbocycles. The number of aryl methyl sites for hydroxylation is 1. The lowest BCUT2D eigenvalue weighted by atomic mass is 10.0. The van der Waals surface area contributed by atoms with E-state index in [4.69, 9.17) is 4.42 Å². The summed E-state index contributed by atoms with van der Waals surface area (Å²) in [6.07, 6.45) is 8.81. The minimum absolute atomic E-state index is 0.00658. The van der Waals surface area contributed by atoms with Crippen molar-refractivity contribution in [1.29, 1.82) is 0 Å². The lowest BCUT2D eigenvalue weighted by Gasteiger charge is -2.30. The summed E-state index contributed by atoms with van der Waals surface area (Å²) in [6.45, 7) is 0.713. The third-order valence-electron chi connectivity index (χ3n) is 4.43. The van der Waals surface area contributed by atoms with Gasteiger partial charge in [-0.15, -0.1) is 0 Å². The summed E-state index contributed by atoms with van der Waals surface area (Å²) in [5.41, 5.74) is 0.465. The molecule has 0 saturated carbocycles. The number of carbonyl (C=O) groups is 1. The third-order valence-corrected chi connectivity index (χ3v) is 4.43. The number of likely N-dealkylation sites (tertiary alicyclic amines) is 1. The van der Waals surface area contributed by atoms with Crippen LogP contribution in [0.15, 0.2) is 35.3 Å². The van der Waals surface area contributed by atoms with Crippen LogP contribution < -0.4 is 0 Å². The number of carbonyl (C=O) groups excluding carboxylic acids is 1. The van der Waals surface area contributed by atoms with E-state index in [-0.39, 0.29) is 11.9 Å². The summed E-state index contributed by atoms with van der Waals surface area (Å²) in [5, 5.41) is 10.4. The molecule has 1 fully saturated rings. The Morgan fingerprint density at radius 3 is 3.04 bits per heavy atom. The van der Waals surface area contributed by atoms with Crippen molar-refractivity contribution < 1.29 is 14.3 Å². The monoisotopic (exact) mass is 317 g/mol. The van der Waals surface area contributed by atoms with Crippen molar-refractivity contribution in [2.45, 2.75) is 44.2 Å². The number of amides is 1. The van der Waals surface area contributed by atoms with Crippen LogP contribution in [-0.2, 0) is 7.05 Å². The number of rotatable bonds is 4. The number of aliphatic hydroxyl groups excluding tert-OH is 1. The predicted octanol–water partition coefficient (Wildman–Crippen LogP) is 2.52. The molecular formula is C17H23N3O3. The van der Waals surface area contributed by atoms with Crippen LogP contribution in [0.25, 0.3) is 0 Å². The number of aliphatic hydroxyl groups is 1. The number of nitrogens with zero attached hydrogens (tertiary/aromatic N) is 3. The van der Waals surface area contributed by atoms with Gasteiger partial charge in [-0.25, -0.2) is 4.98 Å². The zero-order valence-corrected chi connectivity index (χ0v) is 13.4. The van der Waals surface area contributed by atoms with Crippen LogP contribution >= 0.6 is 0 Å². The maximum Gasteiger partial charge on any atom is 0.274 e. The van der Waals surface area contributed by atoms with Crippen molar-refractivity contribution in [1.82, 2.24) is 14.5 Å². The van der Waals surface area contributed by atoms with E-state index in [2.05, 4.69) is 4.98 Å². The zero-order valence-electron chi connectivity index (χ0n) is 13.4. The fourth-order valence-electron chi connectivity index (χ4n) is 3.21. The van der Waals surface area contributed by atoms with Crippen molar-refractivity contribution in [2.24, 2.45) is 7.05 Å². The summed E-state index contributed by atoms with van der Waals surface area (Å²) in [4.78, 5) is 18.8. The molecule has 6 heteroatoms. The number of hydrogen-bond donors (Lipinski definition) is 1. The second kappa shape index (κ2) is 7.00. The fraction of sp³-hybridized carbons (Fsp3) is 0.529. The normalized spacial score (nSPS) is 20.3. The van der Waals surface area contributed by atoms with E-state index in [0.29, 0.717) is 24.4 Å². The molecule has 0 unspecified atom stereocenters. The van der Waals surface area contributed by atoms with Crippen LogP contribution in [-0.4, -0.2) is 38.1 Å². The van der Waals surface area contributed by atoms with Gasteiger partial charge in [-0.3, -0.25) is 4.79 Å². The Morgan fingerprint density at radius 1 is 1.48 bits per heavy atom. The van der Waals surface area contributed by atoms with Gasteiger partial charge in [-0.2, -0.15) is 0 Å². The van der Waals surface area contributed by atoms with Gasteiger partial charge in [0, 0.05) is 32.3 Å². The summed E-state index contributed by atoms with van der Waals surface area (Å²) in [7, 11) is 1.85. The molecule has 1 saturated heterocycles. The first-order valence-electron chi connectivity index (χ1n) is 8.15. The Morgan fingerprint density at radius 2 is 2.35 bits per heavy atom. The second-order valence-electron chi connectivity index (χ2n) is 6.19. The molecule has 23 heavy (non-hydrogen) atoms. The van der Waals surface area contributed by atoms with Crippen molar-refractivity contribution in [3.63, 3.8) is 0 Å². The van der Waals surface area contributed by atoms with E-state index in [1.807, 2.05) is 11.9 Å². The molecule has 124 valence electrons. The highest BCUT2D eigenvalue weighted by molar-refractivity contribution is 5.92. The van der Waals surface area contributed by atoms with Crippen LogP contribution in [0.2, 0.25) is 0 Å². The molecule has 2 aromatic rings. The third kappa shape index (κ3) is 3.64. The lowest BCUT2D eigenvalue weighted by Crippen LogP contribution is -2.41. The largest absolute Gasteiger partial charge is 0.467 e.